The van der Waals surface area contributed by atoms with Gasteiger partial charge >= 0.3 is 0 Å². The van der Waals surface area contributed by atoms with E-state index in [-0.39, 0.29) is 48.9 Å². The van der Waals surface area contributed by atoms with E-state index < -0.39 is 12.3 Å². The molecule has 0 radical (unpaired) electrons. The summed E-state index contributed by atoms with van der Waals surface area (Å²) in [6, 6.07) is 10.5. The van der Waals surface area contributed by atoms with Gasteiger partial charge in [0.15, 0.2) is 23.0 Å². The minimum atomic E-state index is -0.889. The Morgan fingerprint density at radius 2 is 1.80 bits per heavy atom. The quantitative estimate of drug-likeness (QED) is 0.337. The van der Waals surface area contributed by atoms with Gasteiger partial charge in [-0.25, -0.2) is 0 Å². The minimum absolute atomic E-state index is 0.0303. The molecule has 4 aliphatic heterocycles. The summed E-state index contributed by atoms with van der Waals surface area (Å²) in [6.07, 6.45) is 0.970. The molecule has 4 N–H and O–H groups in total. The number of piperazine rings is 1. The molecule has 1 amide bonds. The molecule has 2 bridgehead atoms. The lowest BCUT2D eigenvalue weighted by Gasteiger charge is -2.60. The molecule has 1 saturated heterocycles. The highest BCUT2D eigenvalue weighted by Crippen LogP contribution is 2.57. The Balaban J connectivity index is 1.31. The molecule has 5 atom stereocenters. The second kappa shape index (κ2) is 10.9. The van der Waals surface area contributed by atoms with Crippen LogP contribution in [0.4, 0.5) is 0 Å². The second-order valence-electron chi connectivity index (χ2n) is 12.4. The number of hydrogen-bond donors (Lipinski definition) is 4. The molecule has 232 valence electrons. The molecule has 7 rings (SSSR count). The van der Waals surface area contributed by atoms with Gasteiger partial charge in [0, 0.05) is 41.3 Å². The topological polar surface area (TPSA) is 124 Å². The molecule has 1 fully saturated rings. The highest BCUT2D eigenvalue weighted by molar-refractivity contribution is 5.76. The number of aliphatic hydroxyl groups is 1. The predicted octanol–water partition coefficient (Wildman–Crippen LogP) is 3.40. The molecule has 0 aromatic heterocycles. The van der Waals surface area contributed by atoms with Crippen molar-refractivity contribution in [2.75, 3.05) is 27.5 Å². The maximum Gasteiger partial charge on any atom is 0.231 e. The lowest BCUT2D eigenvalue weighted by atomic mass is 9.73. The van der Waals surface area contributed by atoms with Gasteiger partial charge < -0.3 is 34.8 Å². The number of aromatic hydroxyl groups is 2. The summed E-state index contributed by atoms with van der Waals surface area (Å²) in [5, 5.41) is 38.3. The molecule has 0 saturated carbocycles. The van der Waals surface area contributed by atoms with E-state index in [1.54, 1.807) is 7.11 Å². The maximum atomic E-state index is 13.2. The Morgan fingerprint density at radius 3 is 2.55 bits per heavy atom. The molecular weight excluding hydrogens is 562 g/mol. The number of carbonyl (C=O) groups excluding carboxylic acids is 1. The Kier molecular flexibility index (Phi) is 7.10. The van der Waals surface area contributed by atoms with Crippen LogP contribution in [0.2, 0.25) is 0 Å². The number of carbonyl (C=O) groups is 1. The standard InChI is InChI=1S/C34H39N3O7/c1-17-12-20-13-23-34(41)37-22(28(36(23)3)26(20)30(40)31(17)42-4)14-21-27(33-32(43-16-44-33)18(2)29(21)39)24(37)15-35-25(38)11-10-19-8-6-5-7-9-19/h5-9,12,22-24,28,34,39-41H,10-11,13-16H2,1-4H3,(H,35,38)/t22?,23-,24-,28-,34-/m0/s1. The molecule has 3 aromatic rings. The van der Waals surface area contributed by atoms with Crippen LogP contribution in [0.1, 0.15) is 57.4 Å². The fourth-order valence-corrected chi connectivity index (χ4v) is 8.05. The van der Waals surface area contributed by atoms with Crippen molar-refractivity contribution >= 4 is 5.91 Å². The number of benzene rings is 3. The number of hydrogen-bond acceptors (Lipinski definition) is 9. The van der Waals surface area contributed by atoms with Gasteiger partial charge in [-0.05, 0) is 56.8 Å². The van der Waals surface area contributed by atoms with Gasteiger partial charge in [0.25, 0.3) is 0 Å². The average molecular weight is 602 g/mol. The number of aryl methyl sites for hydroxylation is 2. The molecular formula is C34H39N3O7. The van der Waals surface area contributed by atoms with Crippen molar-refractivity contribution in [3.05, 3.63) is 75.3 Å². The number of nitrogens with zero attached hydrogens (tertiary/aromatic N) is 2. The summed E-state index contributed by atoms with van der Waals surface area (Å²) in [4.78, 5) is 17.4. The zero-order chi connectivity index (χ0) is 30.9. The van der Waals surface area contributed by atoms with Crippen LogP contribution in [-0.4, -0.2) is 76.8 Å². The lowest BCUT2D eigenvalue weighted by molar-refractivity contribution is -0.172. The Morgan fingerprint density at radius 1 is 1.05 bits per heavy atom. The number of likely N-dealkylation sites (N-methyl/N-ethyl adjacent to an activating group) is 1. The Labute approximate surface area is 256 Å². The normalized spacial score (nSPS) is 25.2. The number of phenolic OH excluding ortho intramolecular Hbond substituents is 2. The van der Waals surface area contributed by atoms with Gasteiger partial charge in [-0.15, -0.1) is 0 Å². The molecule has 4 heterocycles. The zero-order valence-electron chi connectivity index (χ0n) is 25.5. The first-order chi connectivity index (χ1) is 21.2. The summed E-state index contributed by atoms with van der Waals surface area (Å²) in [5.41, 5.74) is 5.72. The number of rotatable bonds is 6. The van der Waals surface area contributed by atoms with Crippen LogP contribution < -0.4 is 19.5 Å². The van der Waals surface area contributed by atoms with Crippen LogP contribution in [0.5, 0.6) is 28.7 Å². The number of phenols is 2. The van der Waals surface area contributed by atoms with Crippen molar-refractivity contribution in [1.29, 1.82) is 0 Å². The smallest absolute Gasteiger partial charge is 0.231 e. The number of ether oxygens (including phenoxy) is 3. The van der Waals surface area contributed by atoms with Crippen LogP contribution in [0.15, 0.2) is 36.4 Å². The van der Waals surface area contributed by atoms with Crippen molar-refractivity contribution in [2.45, 2.75) is 69.9 Å². The first-order valence-corrected chi connectivity index (χ1v) is 15.2. The maximum absolute atomic E-state index is 13.2. The van der Waals surface area contributed by atoms with Gasteiger partial charge in [0.2, 0.25) is 12.7 Å². The second-order valence-corrected chi connectivity index (χ2v) is 12.4. The van der Waals surface area contributed by atoms with E-state index in [4.69, 9.17) is 14.2 Å². The predicted molar refractivity (Wildman–Crippen MR) is 162 cm³/mol. The fourth-order valence-electron chi connectivity index (χ4n) is 8.05. The number of fused-ring (bicyclic) bond motifs is 9. The van der Waals surface area contributed by atoms with Crippen molar-refractivity contribution in [3.8, 4) is 28.7 Å². The third-order valence-corrected chi connectivity index (χ3v) is 10.1. The minimum Gasteiger partial charge on any atom is -0.507 e. The van der Waals surface area contributed by atoms with Crippen LogP contribution in [0, 0.1) is 13.8 Å². The third-order valence-electron chi connectivity index (χ3n) is 10.1. The zero-order valence-corrected chi connectivity index (χ0v) is 25.5. The van der Waals surface area contributed by atoms with Gasteiger partial charge in [-0.1, -0.05) is 36.4 Å². The van der Waals surface area contributed by atoms with E-state index in [0.717, 1.165) is 27.8 Å². The number of nitrogens with one attached hydrogen (secondary N) is 1. The molecule has 3 aromatic carbocycles. The summed E-state index contributed by atoms with van der Waals surface area (Å²) >= 11 is 0. The van der Waals surface area contributed by atoms with Crippen LogP contribution in [0.3, 0.4) is 0 Å². The summed E-state index contributed by atoms with van der Waals surface area (Å²) < 4.78 is 17.4. The SMILES string of the molecule is COc1c(C)cc2c(c1O)[C@@H]1C3Cc4c(O)c(C)c5c(c4[C@H](CNC(=O)CCc4ccccc4)N3[C@@H](O)[C@H](C2)N1C)OCO5. The molecule has 1 unspecified atom stereocenters. The summed E-state index contributed by atoms with van der Waals surface area (Å²) in [6.45, 7) is 3.95. The van der Waals surface area contributed by atoms with E-state index in [1.807, 2.05) is 57.3 Å². The monoisotopic (exact) mass is 601 g/mol. The van der Waals surface area contributed by atoms with Gasteiger partial charge in [0.05, 0.1) is 25.2 Å². The lowest BCUT2D eigenvalue weighted by Crippen LogP contribution is -2.69. The summed E-state index contributed by atoms with van der Waals surface area (Å²) in [5.74, 6) is 1.62. The van der Waals surface area contributed by atoms with Crippen LogP contribution >= 0.6 is 0 Å². The average Bonchev–Trinajstić information content (AvgIpc) is 3.51. The largest absolute Gasteiger partial charge is 0.507 e. The van der Waals surface area contributed by atoms with Crippen LogP contribution in [-0.2, 0) is 24.1 Å². The van der Waals surface area contributed by atoms with E-state index in [9.17, 15) is 20.1 Å². The first kappa shape index (κ1) is 28.8. The summed E-state index contributed by atoms with van der Waals surface area (Å²) in [7, 11) is 3.53. The van der Waals surface area contributed by atoms with Crippen molar-refractivity contribution in [2.24, 2.45) is 0 Å². The van der Waals surface area contributed by atoms with E-state index in [1.165, 1.54) is 0 Å². The van der Waals surface area contributed by atoms with Gasteiger partial charge in [-0.3, -0.25) is 14.6 Å². The van der Waals surface area contributed by atoms with Gasteiger partial charge in [0.1, 0.15) is 12.0 Å². The van der Waals surface area contributed by atoms with Crippen LogP contribution in [0.25, 0.3) is 0 Å². The van der Waals surface area contributed by atoms with E-state index >= 15 is 0 Å². The Hall–Kier alpha value is -3.99. The molecule has 10 nitrogen and oxygen atoms in total. The first-order valence-electron chi connectivity index (χ1n) is 15.2. The molecule has 0 spiro atoms. The molecule has 10 heteroatoms. The van der Waals surface area contributed by atoms with E-state index in [2.05, 4.69) is 15.1 Å². The number of methoxy groups -OCH3 is 1. The van der Waals surface area contributed by atoms with Crippen molar-refractivity contribution in [1.82, 2.24) is 15.1 Å². The molecule has 0 aliphatic carbocycles. The Bertz CT molecular complexity index is 1630. The van der Waals surface area contributed by atoms with Crippen molar-refractivity contribution in [3.63, 3.8) is 0 Å². The highest BCUT2D eigenvalue weighted by atomic mass is 16.7. The number of aliphatic hydroxyl groups excluding tert-OH is 1. The van der Waals surface area contributed by atoms with Crippen molar-refractivity contribution < 1.29 is 34.3 Å². The highest BCUT2D eigenvalue weighted by Gasteiger charge is 2.56. The van der Waals surface area contributed by atoms with E-state index in [0.29, 0.717) is 54.1 Å². The third kappa shape index (κ3) is 4.30. The molecule has 44 heavy (non-hydrogen) atoms. The number of amides is 1. The molecule has 4 aliphatic rings. The fraction of sp³-hybridized carbons (Fsp3) is 0.441. The van der Waals surface area contributed by atoms with Gasteiger partial charge in [-0.2, -0.15) is 0 Å².